The highest BCUT2D eigenvalue weighted by Crippen LogP contribution is 2.27. The second-order valence-corrected chi connectivity index (χ2v) is 7.20. The fourth-order valence-corrected chi connectivity index (χ4v) is 4.01. The van der Waals surface area contributed by atoms with Crippen molar-refractivity contribution >= 4 is 26.8 Å². The van der Waals surface area contributed by atoms with Crippen LogP contribution in [0.5, 0.6) is 0 Å². The van der Waals surface area contributed by atoms with Crippen LogP contribution in [0.1, 0.15) is 29.2 Å². The summed E-state index contributed by atoms with van der Waals surface area (Å²) in [4.78, 5) is 11.3. The molecule has 0 radical (unpaired) electrons. The molecule has 1 aromatic heterocycles. The lowest BCUT2D eigenvalue weighted by atomic mass is 10.1. The van der Waals surface area contributed by atoms with Crippen molar-refractivity contribution in [1.29, 1.82) is 0 Å². The number of fused-ring (bicyclic) bond motifs is 1. The monoisotopic (exact) mass is 295 g/mol. The molecule has 1 fully saturated rings. The molecular formula is C12H13N3O4S. The highest BCUT2D eigenvalue weighted by atomic mass is 32.2. The number of hydrogen-bond acceptors (Lipinski definition) is 5. The largest absolute Gasteiger partial charge is 0.478 e. The van der Waals surface area contributed by atoms with Crippen molar-refractivity contribution in [1.82, 2.24) is 15.0 Å². The first-order valence-electron chi connectivity index (χ1n) is 6.25. The molecule has 0 amide bonds. The highest BCUT2D eigenvalue weighted by molar-refractivity contribution is 7.91. The van der Waals surface area contributed by atoms with Gasteiger partial charge in [0.05, 0.1) is 23.1 Å². The van der Waals surface area contributed by atoms with Gasteiger partial charge in [0.15, 0.2) is 0 Å². The molecule has 2 aromatic rings. The van der Waals surface area contributed by atoms with E-state index in [2.05, 4.69) is 10.3 Å². The average molecular weight is 295 g/mol. The predicted octanol–water partition coefficient (Wildman–Crippen LogP) is 0.879. The zero-order chi connectivity index (χ0) is 14.3. The molecule has 0 unspecified atom stereocenters. The Morgan fingerprint density at radius 2 is 2.00 bits per heavy atom. The van der Waals surface area contributed by atoms with Gasteiger partial charge >= 0.3 is 5.97 Å². The molecular weight excluding hydrogens is 282 g/mol. The molecule has 8 heteroatoms. The van der Waals surface area contributed by atoms with Gasteiger partial charge < -0.3 is 5.11 Å². The lowest BCUT2D eigenvalue weighted by Gasteiger charge is -2.22. The fraction of sp³-hybridized carbons (Fsp3) is 0.417. The summed E-state index contributed by atoms with van der Waals surface area (Å²) in [5.74, 6) is -0.828. The van der Waals surface area contributed by atoms with Crippen molar-refractivity contribution in [2.45, 2.75) is 18.9 Å². The number of hydrogen-bond donors (Lipinski definition) is 1. The Morgan fingerprint density at radius 1 is 1.30 bits per heavy atom. The second-order valence-electron chi connectivity index (χ2n) is 4.90. The maximum atomic E-state index is 11.5. The number of para-hydroxylation sites is 1. The summed E-state index contributed by atoms with van der Waals surface area (Å²) in [6.45, 7) is 0. The Labute approximate surface area is 115 Å². The van der Waals surface area contributed by atoms with E-state index < -0.39 is 15.8 Å². The number of carboxylic acid groups (broad SMARTS) is 1. The first kappa shape index (κ1) is 13.0. The Kier molecular flexibility index (Phi) is 2.97. The van der Waals surface area contributed by atoms with Crippen LogP contribution in [0.25, 0.3) is 11.0 Å². The fourth-order valence-electron chi connectivity index (χ4n) is 2.54. The van der Waals surface area contributed by atoms with Gasteiger partial charge in [-0.25, -0.2) is 17.9 Å². The Hall–Kier alpha value is -1.96. The summed E-state index contributed by atoms with van der Waals surface area (Å²) in [5, 5.41) is 17.2. The van der Waals surface area contributed by atoms with Crippen molar-refractivity contribution in [3.8, 4) is 0 Å². The van der Waals surface area contributed by atoms with Gasteiger partial charge in [-0.1, -0.05) is 11.3 Å². The van der Waals surface area contributed by atoms with Gasteiger partial charge in [-0.2, -0.15) is 0 Å². The summed E-state index contributed by atoms with van der Waals surface area (Å²) in [5.41, 5.74) is 1.11. The SMILES string of the molecule is O=C(O)c1cccc2nnn(C3CCS(=O)(=O)CC3)c12. The number of sulfone groups is 1. The highest BCUT2D eigenvalue weighted by Gasteiger charge is 2.27. The second kappa shape index (κ2) is 4.55. The molecule has 3 rings (SSSR count). The minimum Gasteiger partial charge on any atom is -0.478 e. The lowest BCUT2D eigenvalue weighted by molar-refractivity contribution is 0.0698. The van der Waals surface area contributed by atoms with E-state index in [4.69, 9.17) is 0 Å². The average Bonchev–Trinajstić information content (AvgIpc) is 2.82. The van der Waals surface area contributed by atoms with Gasteiger partial charge in [0, 0.05) is 0 Å². The maximum absolute atomic E-state index is 11.5. The van der Waals surface area contributed by atoms with Crippen molar-refractivity contribution in [3.63, 3.8) is 0 Å². The van der Waals surface area contributed by atoms with Gasteiger partial charge in [0.1, 0.15) is 20.9 Å². The molecule has 1 N–H and O–H groups in total. The van der Waals surface area contributed by atoms with Crippen LogP contribution in [-0.2, 0) is 9.84 Å². The van der Waals surface area contributed by atoms with Crippen LogP contribution in [0.2, 0.25) is 0 Å². The van der Waals surface area contributed by atoms with Gasteiger partial charge in [0.2, 0.25) is 0 Å². The normalized spacial score (nSPS) is 19.2. The molecule has 0 atom stereocenters. The number of rotatable bonds is 2. The number of aromatic carboxylic acids is 1. The van der Waals surface area contributed by atoms with Crippen LogP contribution in [-0.4, -0.2) is 46.0 Å². The Balaban J connectivity index is 2.07. The van der Waals surface area contributed by atoms with Crippen LogP contribution < -0.4 is 0 Å². The summed E-state index contributed by atoms with van der Waals surface area (Å²) < 4.78 is 24.5. The quantitative estimate of drug-likeness (QED) is 0.882. The molecule has 0 bridgehead atoms. The number of carboxylic acids is 1. The van der Waals surface area contributed by atoms with E-state index in [9.17, 15) is 18.3 Å². The molecule has 0 aliphatic carbocycles. The molecule has 20 heavy (non-hydrogen) atoms. The molecule has 1 aliphatic rings. The number of carbonyl (C=O) groups is 1. The summed E-state index contributed by atoms with van der Waals surface area (Å²) in [7, 11) is -2.96. The Bertz CT molecular complexity index is 767. The molecule has 0 saturated carbocycles. The molecule has 106 valence electrons. The van der Waals surface area contributed by atoms with E-state index in [1.54, 1.807) is 16.8 Å². The van der Waals surface area contributed by atoms with E-state index in [1.165, 1.54) is 6.07 Å². The topological polar surface area (TPSA) is 102 Å². The number of benzene rings is 1. The van der Waals surface area contributed by atoms with E-state index >= 15 is 0 Å². The zero-order valence-corrected chi connectivity index (χ0v) is 11.4. The van der Waals surface area contributed by atoms with Gasteiger partial charge in [0.25, 0.3) is 0 Å². The first-order valence-corrected chi connectivity index (χ1v) is 8.08. The van der Waals surface area contributed by atoms with E-state index in [0.29, 0.717) is 23.9 Å². The maximum Gasteiger partial charge on any atom is 0.337 e. The number of aromatic nitrogens is 3. The molecule has 0 spiro atoms. The van der Waals surface area contributed by atoms with Crippen molar-refractivity contribution in [2.75, 3.05) is 11.5 Å². The smallest absolute Gasteiger partial charge is 0.337 e. The minimum absolute atomic E-state index is 0.105. The van der Waals surface area contributed by atoms with E-state index in [0.717, 1.165) is 0 Å². The van der Waals surface area contributed by atoms with Crippen LogP contribution in [0, 0.1) is 0 Å². The third-order valence-corrected chi connectivity index (χ3v) is 5.31. The van der Waals surface area contributed by atoms with Crippen LogP contribution in [0.3, 0.4) is 0 Å². The lowest BCUT2D eigenvalue weighted by Crippen LogP contribution is -2.26. The molecule has 7 nitrogen and oxygen atoms in total. The van der Waals surface area contributed by atoms with Gasteiger partial charge in [-0.3, -0.25) is 0 Å². The molecule has 2 heterocycles. The summed E-state index contributed by atoms with van der Waals surface area (Å²) >= 11 is 0. The van der Waals surface area contributed by atoms with Gasteiger partial charge in [-0.15, -0.1) is 5.10 Å². The summed E-state index contributed by atoms with van der Waals surface area (Å²) in [6.07, 6.45) is 0.878. The molecule has 1 aromatic carbocycles. The van der Waals surface area contributed by atoms with Crippen molar-refractivity contribution in [2.24, 2.45) is 0 Å². The predicted molar refractivity (Wildman–Crippen MR) is 71.4 cm³/mol. The van der Waals surface area contributed by atoms with Crippen molar-refractivity contribution in [3.05, 3.63) is 23.8 Å². The van der Waals surface area contributed by atoms with Crippen LogP contribution in [0.4, 0.5) is 0 Å². The summed E-state index contributed by atoms with van der Waals surface area (Å²) in [6, 6.07) is 4.70. The number of nitrogens with zero attached hydrogens (tertiary/aromatic N) is 3. The zero-order valence-electron chi connectivity index (χ0n) is 10.6. The minimum atomic E-state index is -2.96. The third-order valence-electron chi connectivity index (χ3n) is 3.59. The first-order chi connectivity index (χ1) is 9.48. The van der Waals surface area contributed by atoms with E-state index in [-0.39, 0.29) is 23.1 Å². The third kappa shape index (κ3) is 2.15. The Morgan fingerprint density at radius 3 is 2.65 bits per heavy atom. The van der Waals surface area contributed by atoms with Crippen molar-refractivity contribution < 1.29 is 18.3 Å². The van der Waals surface area contributed by atoms with Gasteiger partial charge in [-0.05, 0) is 25.0 Å². The van der Waals surface area contributed by atoms with Crippen LogP contribution >= 0.6 is 0 Å². The molecule has 1 aliphatic heterocycles. The van der Waals surface area contributed by atoms with Crippen LogP contribution in [0.15, 0.2) is 18.2 Å². The molecule has 1 saturated heterocycles. The standard InChI is InChI=1S/C12H13N3O4S/c16-12(17)9-2-1-3-10-11(9)15(14-13-10)8-4-6-20(18,19)7-5-8/h1-3,8H,4-7H2,(H,16,17). The van der Waals surface area contributed by atoms with E-state index in [1.807, 2.05) is 0 Å².